The summed E-state index contributed by atoms with van der Waals surface area (Å²) in [6.07, 6.45) is -0.883. The highest BCUT2D eigenvalue weighted by Crippen LogP contribution is 2.29. The zero-order valence-electron chi connectivity index (χ0n) is 17.8. The largest absolute Gasteiger partial charge is 0.497 e. The smallest absolute Gasteiger partial charge is 0.411 e. The molecule has 170 valence electrons. The van der Waals surface area contributed by atoms with Crippen molar-refractivity contribution in [1.29, 1.82) is 0 Å². The summed E-state index contributed by atoms with van der Waals surface area (Å²) in [6, 6.07) is 15.0. The first-order chi connectivity index (χ1) is 16.4. The minimum atomic E-state index is -1.24. The molecule has 0 aliphatic carbocycles. The van der Waals surface area contributed by atoms with Gasteiger partial charge in [-0.25, -0.2) is 19.3 Å². The summed E-state index contributed by atoms with van der Waals surface area (Å²) < 4.78 is 20.1. The zero-order chi connectivity index (χ0) is 23.8. The third kappa shape index (κ3) is 3.92. The maximum absolute atomic E-state index is 14.8. The third-order valence-electron chi connectivity index (χ3n) is 5.50. The highest BCUT2D eigenvalue weighted by Gasteiger charge is 2.13. The van der Waals surface area contributed by atoms with Crippen LogP contribution in [-0.2, 0) is 6.42 Å². The molecule has 0 saturated carbocycles. The molecule has 5 aromatic rings. The fraction of sp³-hybridized carbons (Fsp3) is 0.0833. The lowest BCUT2D eigenvalue weighted by Crippen LogP contribution is -2.11. The molecule has 2 heterocycles. The van der Waals surface area contributed by atoms with Gasteiger partial charge in [0.2, 0.25) is 5.95 Å². The molecule has 0 aliphatic rings. The van der Waals surface area contributed by atoms with Gasteiger partial charge in [0, 0.05) is 17.4 Å². The average molecular weight is 459 g/mol. The molecular formula is C24H18FN5O4. The van der Waals surface area contributed by atoms with Crippen molar-refractivity contribution in [3.05, 3.63) is 82.0 Å². The van der Waals surface area contributed by atoms with Gasteiger partial charge in [0.1, 0.15) is 11.6 Å². The first-order valence-corrected chi connectivity index (χ1v) is 10.2. The summed E-state index contributed by atoms with van der Waals surface area (Å²) in [5.74, 6) is 0.276. The van der Waals surface area contributed by atoms with E-state index >= 15 is 0 Å². The Hall–Kier alpha value is -4.73. The normalized spacial score (nSPS) is 11.1. The summed E-state index contributed by atoms with van der Waals surface area (Å²) in [7, 11) is 1.55. The molecule has 2 aromatic heterocycles. The third-order valence-corrected chi connectivity index (χ3v) is 5.50. The van der Waals surface area contributed by atoms with Crippen molar-refractivity contribution in [3.63, 3.8) is 0 Å². The maximum Gasteiger partial charge on any atom is 0.411 e. The standard InChI is InChI=1S/C24H18FN5O4/c1-34-14-4-5-15-17(11-14)20(29-30-22(15)31)9-12-2-6-18(25)16(8-12)13-3-7-19-21(10-13)27-23(26-19)28-24(32)33/h2-8,10-11H,9H2,1H3,(H,30,31)(H,32,33)(H2,26,27,28). The molecule has 34 heavy (non-hydrogen) atoms. The van der Waals surface area contributed by atoms with E-state index in [0.29, 0.717) is 50.8 Å². The number of nitrogens with zero attached hydrogens (tertiary/aromatic N) is 2. The molecule has 4 N–H and O–H groups in total. The van der Waals surface area contributed by atoms with Crippen molar-refractivity contribution in [3.8, 4) is 16.9 Å². The lowest BCUT2D eigenvalue weighted by Gasteiger charge is -2.10. The number of benzene rings is 3. The Morgan fingerprint density at radius 2 is 1.97 bits per heavy atom. The summed E-state index contributed by atoms with van der Waals surface area (Å²) in [5.41, 5.74) is 3.18. The highest BCUT2D eigenvalue weighted by atomic mass is 19.1. The van der Waals surface area contributed by atoms with Gasteiger partial charge in [0.25, 0.3) is 5.56 Å². The highest BCUT2D eigenvalue weighted by molar-refractivity contribution is 5.88. The molecule has 5 rings (SSSR count). The predicted octanol–water partition coefficient (Wildman–Crippen LogP) is 4.29. The van der Waals surface area contributed by atoms with Crippen LogP contribution in [0.2, 0.25) is 0 Å². The van der Waals surface area contributed by atoms with Crippen molar-refractivity contribution in [2.45, 2.75) is 6.42 Å². The second-order valence-electron chi connectivity index (χ2n) is 7.65. The second kappa shape index (κ2) is 8.32. The summed E-state index contributed by atoms with van der Waals surface area (Å²) in [6.45, 7) is 0. The molecule has 0 spiro atoms. The summed E-state index contributed by atoms with van der Waals surface area (Å²) in [4.78, 5) is 30.0. The van der Waals surface area contributed by atoms with E-state index in [1.807, 2.05) is 0 Å². The van der Waals surface area contributed by atoms with E-state index in [4.69, 9.17) is 9.84 Å². The SMILES string of the molecule is COc1ccc2c(=O)[nH]nc(Cc3ccc(F)c(-c4ccc5nc(NC(=O)O)[nH]c5c4)c3)c2c1. The van der Waals surface area contributed by atoms with E-state index in [9.17, 15) is 14.0 Å². The van der Waals surface area contributed by atoms with Gasteiger partial charge in [-0.1, -0.05) is 12.1 Å². The van der Waals surface area contributed by atoms with Crippen molar-refractivity contribution in [1.82, 2.24) is 20.2 Å². The Morgan fingerprint density at radius 3 is 2.76 bits per heavy atom. The minimum absolute atomic E-state index is 0.0836. The monoisotopic (exact) mass is 459 g/mol. The van der Waals surface area contributed by atoms with Crippen LogP contribution in [0.1, 0.15) is 11.3 Å². The van der Waals surface area contributed by atoms with Crippen LogP contribution in [-0.4, -0.2) is 38.5 Å². The number of rotatable bonds is 5. The Morgan fingerprint density at radius 1 is 1.12 bits per heavy atom. The van der Waals surface area contributed by atoms with Gasteiger partial charge in [-0.2, -0.15) is 5.10 Å². The molecule has 0 radical (unpaired) electrons. The van der Waals surface area contributed by atoms with Gasteiger partial charge in [0.05, 0.1) is 29.2 Å². The number of hydrogen-bond donors (Lipinski definition) is 4. The van der Waals surface area contributed by atoms with E-state index in [1.165, 1.54) is 6.07 Å². The summed E-state index contributed by atoms with van der Waals surface area (Å²) >= 11 is 0. The van der Waals surface area contributed by atoms with Gasteiger partial charge in [0.15, 0.2) is 0 Å². The predicted molar refractivity (Wildman–Crippen MR) is 125 cm³/mol. The maximum atomic E-state index is 14.8. The van der Waals surface area contributed by atoms with Crippen LogP contribution in [0.15, 0.2) is 59.4 Å². The van der Waals surface area contributed by atoms with Gasteiger partial charge in [-0.05, 0) is 53.6 Å². The van der Waals surface area contributed by atoms with Crippen LogP contribution >= 0.6 is 0 Å². The number of imidazole rings is 1. The molecule has 0 atom stereocenters. The topological polar surface area (TPSA) is 133 Å². The van der Waals surface area contributed by atoms with Gasteiger partial charge >= 0.3 is 6.09 Å². The Balaban J connectivity index is 1.53. The number of anilines is 1. The number of carbonyl (C=O) groups is 1. The van der Waals surface area contributed by atoms with E-state index in [1.54, 1.807) is 55.6 Å². The molecule has 1 amide bonds. The van der Waals surface area contributed by atoms with Crippen molar-refractivity contribution in [2.24, 2.45) is 0 Å². The molecule has 9 nitrogen and oxygen atoms in total. The minimum Gasteiger partial charge on any atom is -0.497 e. The number of hydrogen-bond acceptors (Lipinski definition) is 5. The van der Waals surface area contributed by atoms with Crippen LogP contribution in [0, 0.1) is 5.82 Å². The number of amides is 1. The van der Waals surface area contributed by atoms with E-state index < -0.39 is 11.9 Å². The van der Waals surface area contributed by atoms with Crippen molar-refractivity contribution < 1.29 is 19.0 Å². The quantitative estimate of drug-likeness (QED) is 0.310. The number of ether oxygens (including phenoxy) is 1. The van der Waals surface area contributed by atoms with E-state index in [0.717, 1.165) is 5.56 Å². The Kier molecular flexibility index (Phi) is 5.17. The van der Waals surface area contributed by atoms with E-state index in [-0.39, 0.29) is 11.5 Å². The summed E-state index contributed by atoms with van der Waals surface area (Å²) in [5, 5.41) is 18.9. The molecule has 0 fully saturated rings. The lowest BCUT2D eigenvalue weighted by molar-refractivity contribution is 0.209. The number of fused-ring (bicyclic) bond motifs is 2. The number of methoxy groups -OCH3 is 1. The van der Waals surface area contributed by atoms with Crippen LogP contribution in [0.25, 0.3) is 32.9 Å². The van der Waals surface area contributed by atoms with E-state index in [2.05, 4.69) is 25.5 Å². The molecule has 3 aromatic carbocycles. The number of carboxylic acid groups (broad SMARTS) is 1. The fourth-order valence-corrected chi connectivity index (χ4v) is 3.90. The Labute approximate surface area is 191 Å². The second-order valence-corrected chi connectivity index (χ2v) is 7.65. The number of aromatic nitrogens is 4. The zero-order valence-corrected chi connectivity index (χ0v) is 17.8. The van der Waals surface area contributed by atoms with Gasteiger partial charge < -0.3 is 14.8 Å². The number of halogens is 1. The number of nitrogens with one attached hydrogen (secondary N) is 3. The number of H-pyrrole nitrogens is 2. The lowest BCUT2D eigenvalue weighted by atomic mass is 9.98. The Bertz CT molecular complexity index is 1630. The first-order valence-electron chi connectivity index (χ1n) is 10.2. The van der Waals surface area contributed by atoms with Crippen molar-refractivity contribution in [2.75, 3.05) is 12.4 Å². The van der Waals surface area contributed by atoms with Crippen LogP contribution in [0.5, 0.6) is 5.75 Å². The number of aromatic amines is 2. The van der Waals surface area contributed by atoms with Crippen LogP contribution in [0.3, 0.4) is 0 Å². The molecule has 0 aliphatic heterocycles. The van der Waals surface area contributed by atoms with Crippen molar-refractivity contribution >= 4 is 33.8 Å². The fourth-order valence-electron chi connectivity index (χ4n) is 3.90. The molecular weight excluding hydrogens is 441 g/mol. The molecule has 0 unspecified atom stereocenters. The molecule has 0 saturated heterocycles. The first kappa shape index (κ1) is 21.1. The van der Waals surface area contributed by atoms with Crippen LogP contribution in [0.4, 0.5) is 15.1 Å². The molecule has 0 bridgehead atoms. The van der Waals surface area contributed by atoms with Gasteiger partial charge in [-0.3, -0.25) is 10.1 Å². The average Bonchev–Trinajstić information content (AvgIpc) is 3.22. The van der Waals surface area contributed by atoms with Gasteiger partial charge in [-0.15, -0.1) is 0 Å². The molecule has 10 heteroatoms. The van der Waals surface area contributed by atoms with Crippen LogP contribution < -0.4 is 15.6 Å².